The Bertz CT molecular complexity index is 449. The third-order valence-corrected chi connectivity index (χ3v) is 2.69. The summed E-state index contributed by atoms with van der Waals surface area (Å²) in [7, 11) is 0. The summed E-state index contributed by atoms with van der Waals surface area (Å²) in [6.07, 6.45) is 1.09. The topological polar surface area (TPSA) is 69.4 Å². The summed E-state index contributed by atoms with van der Waals surface area (Å²) < 4.78 is 5.15. The van der Waals surface area contributed by atoms with Crippen molar-refractivity contribution in [1.29, 1.82) is 0 Å². The van der Waals surface area contributed by atoms with E-state index in [2.05, 4.69) is 0 Å². The minimum absolute atomic E-state index is 0.0211. The van der Waals surface area contributed by atoms with Gasteiger partial charge in [0.05, 0.1) is 0 Å². The van der Waals surface area contributed by atoms with Gasteiger partial charge in [-0.05, 0) is 32.8 Å². The summed E-state index contributed by atoms with van der Waals surface area (Å²) in [5.74, 6) is -0.544. The average Bonchev–Trinajstić information content (AvgIpc) is 2.35. The van der Waals surface area contributed by atoms with Crippen molar-refractivity contribution in [3.63, 3.8) is 0 Å². The summed E-state index contributed by atoms with van der Waals surface area (Å²) in [6.45, 7) is 5.32. The number of carbonyl (C=O) groups excluding carboxylic acids is 2. The lowest BCUT2D eigenvalue weighted by Gasteiger charge is -2.21. The van der Waals surface area contributed by atoms with Crippen LogP contribution in [0.1, 0.15) is 39.2 Å². The van der Waals surface area contributed by atoms with Gasteiger partial charge < -0.3 is 10.5 Å². The molecule has 0 heterocycles. The van der Waals surface area contributed by atoms with Crippen molar-refractivity contribution in [2.75, 3.05) is 0 Å². The second kappa shape index (κ2) is 7.20. The minimum Gasteiger partial charge on any atom is -0.459 e. The summed E-state index contributed by atoms with van der Waals surface area (Å²) in [4.78, 5) is 23.5. The van der Waals surface area contributed by atoms with Gasteiger partial charge in [-0.2, -0.15) is 0 Å². The predicted molar refractivity (Wildman–Crippen MR) is 78.2 cm³/mol. The Morgan fingerprint density at radius 3 is 2.35 bits per heavy atom. The highest BCUT2D eigenvalue weighted by atomic mass is 16.6. The zero-order chi connectivity index (χ0) is 15.2. The van der Waals surface area contributed by atoms with Gasteiger partial charge >= 0.3 is 5.97 Å². The molecule has 0 amide bonds. The third kappa shape index (κ3) is 6.48. The number of Topliss-reactive ketones (excluding diaryl/α,β-unsaturated/α-hetero) is 1. The largest absolute Gasteiger partial charge is 0.459 e. The number of carbonyl (C=O) groups is 2. The number of hydrogen-bond acceptors (Lipinski definition) is 4. The Hall–Kier alpha value is -1.68. The SMILES string of the molecule is CC(C)(C)OC(=O)C(N)CC(=O)CCc1ccccc1. The molecule has 0 radical (unpaired) electrons. The van der Waals surface area contributed by atoms with Crippen LogP contribution in [0.5, 0.6) is 0 Å². The summed E-state index contributed by atoms with van der Waals surface area (Å²) in [5.41, 5.74) is 6.22. The second-order valence-electron chi connectivity index (χ2n) is 5.87. The molecule has 0 spiro atoms. The van der Waals surface area contributed by atoms with E-state index in [-0.39, 0.29) is 12.2 Å². The van der Waals surface area contributed by atoms with Crippen LogP contribution in [0, 0.1) is 0 Å². The molecule has 2 N–H and O–H groups in total. The maximum absolute atomic E-state index is 11.8. The zero-order valence-electron chi connectivity index (χ0n) is 12.4. The van der Waals surface area contributed by atoms with Gasteiger partial charge in [0, 0.05) is 12.8 Å². The maximum atomic E-state index is 11.8. The molecule has 110 valence electrons. The van der Waals surface area contributed by atoms with Gasteiger partial charge in [-0.1, -0.05) is 30.3 Å². The number of nitrogens with two attached hydrogens (primary N) is 1. The summed E-state index contributed by atoms with van der Waals surface area (Å²) >= 11 is 0. The van der Waals surface area contributed by atoms with Crippen molar-refractivity contribution in [1.82, 2.24) is 0 Å². The molecule has 0 saturated carbocycles. The van der Waals surface area contributed by atoms with Gasteiger partial charge in [-0.25, -0.2) is 0 Å². The van der Waals surface area contributed by atoms with E-state index in [1.54, 1.807) is 20.8 Å². The van der Waals surface area contributed by atoms with Crippen LogP contribution in [0.25, 0.3) is 0 Å². The van der Waals surface area contributed by atoms with Gasteiger partial charge in [0.25, 0.3) is 0 Å². The van der Waals surface area contributed by atoms with Crippen LogP contribution < -0.4 is 5.73 Å². The Kier molecular flexibility index (Phi) is 5.89. The summed E-state index contributed by atoms with van der Waals surface area (Å²) in [5, 5.41) is 0. The van der Waals surface area contributed by atoms with Crippen molar-refractivity contribution in [2.24, 2.45) is 5.73 Å². The number of rotatable bonds is 6. The standard InChI is InChI=1S/C16H23NO3/c1-16(2,3)20-15(19)14(17)11-13(18)10-9-12-7-5-4-6-8-12/h4-8,14H,9-11,17H2,1-3H3. The van der Waals surface area contributed by atoms with E-state index in [0.717, 1.165) is 5.56 Å². The third-order valence-electron chi connectivity index (χ3n) is 2.69. The molecule has 1 unspecified atom stereocenters. The number of aryl methyl sites for hydroxylation is 1. The molecule has 0 aliphatic carbocycles. The monoisotopic (exact) mass is 277 g/mol. The molecule has 0 aliphatic rings. The molecule has 4 heteroatoms. The van der Waals surface area contributed by atoms with Crippen LogP contribution in [0.3, 0.4) is 0 Å². The van der Waals surface area contributed by atoms with Crippen molar-refractivity contribution >= 4 is 11.8 Å². The van der Waals surface area contributed by atoms with Gasteiger partial charge in [-0.3, -0.25) is 9.59 Å². The van der Waals surface area contributed by atoms with Crippen LogP contribution in [-0.2, 0) is 20.7 Å². The molecule has 1 atom stereocenters. The molecule has 1 rings (SSSR count). The fourth-order valence-corrected chi connectivity index (χ4v) is 1.74. The molecule has 4 nitrogen and oxygen atoms in total. The molecule has 0 bridgehead atoms. The Morgan fingerprint density at radius 2 is 1.80 bits per heavy atom. The van der Waals surface area contributed by atoms with Crippen LogP contribution in [0.15, 0.2) is 30.3 Å². The summed E-state index contributed by atoms with van der Waals surface area (Å²) in [6, 6.07) is 8.88. The zero-order valence-corrected chi connectivity index (χ0v) is 12.4. The van der Waals surface area contributed by atoms with E-state index in [0.29, 0.717) is 12.8 Å². The second-order valence-corrected chi connectivity index (χ2v) is 5.87. The quantitative estimate of drug-likeness (QED) is 0.810. The van der Waals surface area contributed by atoms with Crippen molar-refractivity contribution < 1.29 is 14.3 Å². The molecular weight excluding hydrogens is 254 g/mol. The highest BCUT2D eigenvalue weighted by Gasteiger charge is 2.23. The van der Waals surface area contributed by atoms with E-state index in [4.69, 9.17) is 10.5 Å². The normalized spacial score (nSPS) is 12.8. The molecule has 1 aromatic carbocycles. The molecular formula is C16H23NO3. The number of ether oxygens (including phenoxy) is 1. The van der Waals surface area contributed by atoms with Crippen molar-refractivity contribution in [3.05, 3.63) is 35.9 Å². The van der Waals surface area contributed by atoms with Gasteiger partial charge in [0.2, 0.25) is 0 Å². The van der Waals surface area contributed by atoms with E-state index in [9.17, 15) is 9.59 Å². The molecule has 20 heavy (non-hydrogen) atoms. The molecule has 0 saturated heterocycles. The first-order valence-corrected chi connectivity index (χ1v) is 6.82. The van der Waals surface area contributed by atoms with E-state index in [1.807, 2.05) is 30.3 Å². The first kappa shape index (κ1) is 16.4. The van der Waals surface area contributed by atoms with Crippen LogP contribution in [0.2, 0.25) is 0 Å². The molecule has 0 fully saturated rings. The number of hydrogen-bond donors (Lipinski definition) is 1. The number of esters is 1. The van der Waals surface area contributed by atoms with E-state index >= 15 is 0 Å². The van der Waals surface area contributed by atoms with Crippen LogP contribution in [0.4, 0.5) is 0 Å². The van der Waals surface area contributed by atoms with Crippen LogP contribution in [-0.4, -0.2) is 23.4 Å². The van der Waals surface area contributed by atoms with E-state index < -0.39 is 17.6 Å². The highest BCUT2D eigenvalue weighted by Crippen LogP contribution is 2.10. The Labute approximate surface area is 120 Å². The van der Waals surface area contributed by atoms with Gasteiger partial charge in [0.15, 0.2) is 0 Å². The van der Waals surface area contributed by atoms with Crippen LogP contribution >= 0.6 is 0 Å². The molecule has 0 aromatic heterocycles. The smallest absolute Gasteiger partial charge is 0.323 e. The fraction of sp³-hybridized carbons (Fsp3) is 0.500. The van der Waals surface area contributed by atoms with E-state index in [1.165, 1.54) is 0 Å². The lowest BCUT2D eigenvalue weighted by Crippen LogP contribution is -2.38. The number of benzene rings is 1. The molecule has 1 aromatic rings. The minimum atomic E-state index is -0.877. The molecule has 0 aliphatic heterocycles. The first-order valence-electron chi connectivity index (χ1n) is 6.82. The first-order chi connectivity index (χ1) is 9.28. The predicted octanol–water partition coefficient (Wildman–Crippen LogP) is 2.25. The highest BCUT2D eigenvalue weighted by molar-refractivity contribution is 5.86. The van der Waals surface area contributed by atoms with Gasteiger partial charge in [0.1, 0.15) is 17.4 Å². The Balaban J connectivity index is 2.36. The lowest BCUT2D eigenvalue weighted by molar-refractivity contribution is -0.157. The lowest BCUT2D eigenvalue weighted by atomic mass is 10.0. The fourth-order valence-electron chi connectivity index (χ4n) is 1.74. The van der Waals surface area contributed by atoms with Crippen molar-refractivity contribution in [2.45, 2.75) is 51.7 Å². The maximum Gasteiger partial charge on any atom is 0.323 e. The Morgan fingerprint density at radius 1 is 1.20 bits per heavy atom. The number of ketones is 1. The average molecular weight is 277 g/mol. The van der Waals surface area contributed by atoms with Crippen molar-refractivity contribution in [3.8, 4) is 0 Å². The van der Waals surface area contributed by atoms with Gasteiger partial charge in [-0.15, -0.1) is 0 Å².